The fraction of sp³-hybridized carbons (Fsp3) is 0.276. The quantitative estimate of drug-likeness (QED) is 0.323. The highest BCUT2D eigenvalue weighted by atomic mass is 14.9. The Hall–Kier alpha value is -2.93. The topological polar surface area (TPSA) is 3.88 Å². The van der Waals surface area contributed by atoms with Crippen LogP contribution in [0.4, 0.5) is 0 Å². The summed E-state index contributed by atoms with van der Waals surface area (Å²) in [6.07, 6.45) is 1.00. The second kappa shape index (κ2) is 7.72. The number of nitrogens with zero attached hydrogens (tertiary/aromatic N) is 1. The van der Waals surface area contributed by atoms with E-state index in [0.717, 1.165) is 22.9 Å². The number of fused-ring (bicyclic) bond motifs is 1. The molecule has 3 aromatic carbocycles. The predicted octanol–water partition coefficient (Wildman–Crippen LogP) is 7.20. The smallest absolute Gasteiger partial charge is 0.198 e. The molecule has 0 aliphatic rings. The lowest BCUT2D eigenvalue weighted by atomic mass is 9.87. The zero-order valence-corrected chi connectivity index (χ0v) is 19.0. The molecule has 0 saturated carbocycles. The van der Waals surface area contributed by atoms with E-state index in [1.165, 1.54) is 33.5 Å². The molecule has 0 unspecified atom stereocenters. The molecule has 1 nitrogen and oxygen atoms in total. The molecule has 4 aromatic rings. The standard InChI is InChI=1S/C29H32N/c1-20-16-24(23-10-8-7-9-11-23)13-15-26(20)28-27-14-12-22(19-29(3,4)5)18-25(27)17-21(2)30(28)6/h7-18H,19H2,1-6H3/q+1/i17D. The van der Waals surface area contributed by atoms with Gasteiger partial charge < -0.3 is 0 Å². The van der Waals surface area contributed by atoms with Crippen molar-refractivity contribution in [2.45, 2.75) is 41.0 Å². The van der Waals surface area contributed by atoms with Crippen LogP contribution < -0.4 is 4.57 Å². The molecule has 0 atom stereocenters. The number of rotatable bonds is 3. The van der Waals surface area contributed by atoms with Crippen molar-refractivity contribution in [3.05, 3.63) is 89.6 Å². The van der Waals surface area contributed by atoms with Gasteiger partial charge in [0.15, 0.2) is 5.69 Å². The van der Waals surface area contributed by atoms with Crippen molar-refractivity contribution in [3.63, 3.8) is 0 Å². The second-order valence-corrected chi connectivity index (χ2v) is 9.63. The normalized spacial score (nSPS) is 12.3. The van der Waals surface area contributed by atoms with Crippen molar-refractivity contribution in [1.29, 1.82) is 0 Å². The first kappa shape index (κ1) is 19.1. The predicted molar refractivity (Wildman–Crippen MR) is 129 cm³/mol. The van der Waals surface area contributed by atoms with Crippen LogP contribution in [0.3, 0.4) is 0 Å². The molecule has 0 aliphatic heterocycles. The van der Waals surface area contributed by atoms with Gasteiger partial charge in [0.1, 0.15) is 7.05 Å². The highest BCUT2D eigenvalue weighted by molar-refractivity contribution is 5.94. The van der Waals surface area contributed by atoms with Crippen molar-refractivity contribution in [2.24, 2.45) is 12.5 Å². The number of hydrogen-bond acceptors (Lipinski definition) is 0. The van der Waals surface area contributed by atoms with Crippen LogP contribution in [-0.4, -0.2) is 0 Å². The molecular formula is C29H32N+. The monoisotopic (exact) mass is 395 g/mol. The van der Waals surface area contributed by atoms with Crippen LogP contribution in [0.5, 0.6) is 0 Å². The summed E-state index contributed by atoms with van der Waals surface area (Å²) >= 11 is 0. The van der Waals surface area contributed by atoms with Crippen LogP contribution in [0.15, 0.2) is 72.8 Å². The van der Waals surface area contributed by atoms with Gasteiger partial charge in [0.05, 0.1) is 6.76 Å². The van der Waals surface area contributed by atoms with Crippen LogP contribution in [0.2, 0.25) is 0 Å². The van der Waals surface area contributed by atoms with Gasteiger partial charge in [-0.2, -0.15) is 4.57 Å². The molecular weight excluding hydrogens is 362 g/mol. The van der Waals surface area contributed by atoms with Crippen molar-refractivity contribution >= 4 is 10.8 Å². The summed E-state index contributed by atoms with van der Waals surface area (Å²) in [6.45, 7) is 11.0. The summed E-state index contributed by atoms with van der Waals surface area (Å²) in [7, 11) is 2.08. The third-order valence-corrected chi connectivity index (χ3v) is 5.82. The molecule has 0 bridgehead atoms. The average Bonchev–Trinajstić information content (AvgIpc) is 2.73. The Labute approximate surface area is 182 Å². The maximum absolute atomic E-state index is 8.80. The van der Waals surface area contributed by atoms with E-state index < -0.39 is 0 Å². The minimum Gasteiger partial charge on any atom is -0.198 e. The molecule has 1 aromatic heterocycles. The van der Waals surface area contributed by atoms with Crippen LogP contribution in [0.25, 0.3) is 33.2 Å². The number of aromatic nitrogens is 1. The van der Waals surface area contributed by atoms with E-state index in [0.29, 0.717) is 6.04 Å². The van der Waals surface area contributed by atoms with Crippen LogP contribution >= 0.6 is 0 Å². The minimum absolute atomic E-state index is 0.219. The summed E-state index contributed by atoms with van der Waals surface area (Å²) in [5, 5.41) is 2.19. The molecule has 0 spiro atoms. The Bertz CT molecular complexity index is 1260. The molecule has 30 heavy (non-hydrogen) atoms. The van der Waals surface area contributed by atoms with Gasteiger partial charge in [0.25, 0.3) is 0 Å². The third kappa shape index (κ3) is 4.03. The van der Waals surface area contributed by atoms with E-state index in [9.17, 15) is 0 Å². The van der Waals surface area contributed by atoms with Gasteiger partial charge in [-0.05, 0) is 58.5 Å². The molecule has 1 heteroatoms. The molecule has 4 rings (SSSR count). The lowest BCUT2D eigenvalue weighted by Crippen LogP contribution is -2.35. The lowest BCUT2D eigenvalue weighted by molar-refractivity contribution is -0.665. The summed E-state index contributed by atoms with van der Waals surface area (Å²) < 4.78 is 11.0. The largest absolute Gasteiger partial charge is 0.220 e. The first-order chi connectivity index (χ1) is 14.7. The number of benzene rings is 3. The first-order valence-corrected chi connectivity index (χ1v) is 10.7. The zero-order valence-electron chi connectivity index (χ0n) is 20.0. The summed E-state index contributed by atoms with van der Waals surface area (Å²) in [4.78, 5) is 0. The Balaban J connectivity index is 1.91. The SMILES string of the molecule is [2H]c1c(C)[n+](C)c(-c2ccc(-c3ccccc3)cc2C)c2ccc(CC(C)(C)C)cc12. The van der Waals surface area contributed by atoms with Crippen molar-refractivity contribution in [3.8, 4) is 22.4 Å². The van der Waals surface area contributed by atoms with E-state index in [2.05, 4.69) is 113 Å². The Morgan fingerprint density at radius 1 is 0.867 bits per heavy atom. The van der Waals surface area contributed by atoms with E-state index in [4.69, 9.17) is 1.37 Å². The van der Waals surface area contributed by atoms with E-state index in [1.807, 2.05) is 0 Å². The molecule has 0 saturated heterocycles. The highest BCUT2D eigenvalue weighted by Crippen LogP contribution is 2.33. The molecule has 0 amide bonds. The van der Waals surface area contributed by atoms with Gasteiger partial charge in [0.2, 0.25) is 5.69 Å². The maximum Gasteiger partial charge on any atom is 0.220 e. The van der Waals surface area contributed by atoms with Gasteiger partial charge in [0, 0.05) is 18.5 Å². The Morgan fingerprint density at radius 3 is 2.27 bits per heavy atom. The first-order valence-electron chi connectivity index (χ1n) is 11.2. The van der Waals surface area contributed by atoms with Crippen LogP contribution in [0.1, 0.15) is 39.0 Å². The zero-order chi connectivity index (χ0) is 22.3. The second-order valence-electron chi connectivity index (χ2n) is 9.63. The van der Waals surface area contributed by atoms with Crippen LogP contribution in [-0.2, 0) is 13.5 Å². The lowest BCUT2D eigenvalue weighted by Gasteiger charge is -2.18. The number of aryl methyl sites for hydroxylation is 1. The summed E-state index contributed by atoms with van der Waals surface area (Å²) in [5.74, 6) is 0. The Kier molecular flexibility index (Phi) is 4.90. The number of hydrogen-bond donors (Lipinski definition) is 0. The van der Waals surface area contributed by atoms with E-state index in [-0.39, 0.29) is 5.41 Å². The van der Waals surface area contributed by atoms with Crippen molar-refractivity contribution in [1.82, 2.24) is 0 Å². The fourth-order valence-corrected chi connectivity index (χ4v) is 4.32. The van der Waals surface area contributed by atoms with E-state index in [1.54, 1.807) is 0 Å². The molecule has 0 N–H and O–H groups in total. The summed E-state index contributed by atoms with van der Waals surface area (Å²) in [6, 6.07) is 24.5. The maximum atomic E-state index is 8.80. The molecule has 1 heterocycles. The van der Waals surface area contributed by atoms with Gasteiger partial charge in [-0.15, -0.1) is 0 Å². The third-order valence-electron chi connectivity index (χ3n) is 5.82. The van der Waals surface area contributed by atoms with Gasteiger partial charge >= 0.3 is 0 Å². The molecule has 0 radical (unpaired) electrons. The minimum atomic E-state index is 0.219. The number of pyridine rings is 1. The van der Waals surface area contributed by atoms with Crippen molar-refractivity contribution < 1.29 is 5.94 Å². The average molecular weight is 396 g/mol. The fourth-order valence-electron chi connectivity index (χ4n) is 4.32. The summed E-state index contributed by atoms with van der Waals surface area (Å²) in [5.41, 5.74) is 8.62. The molecule has 0 fully saturated rings. The molecule has 0 aliphatic carbocycles. The molecule has 152 valence electrons. The van der Waals surface area contributed by atoms with Gasteiger partial charge in [-0.25, -0.2) is 0 Å². The van der Waals surface area contributed by atoms with Gasteiger partial charge in [-0.3, -0.25) is 0 Å². The van der Waals surface area contributed by atoms with E-state index >= 15 is 0 Å². The Morgan fingerprint density at radius 2 is 1.60 bits per heavy atom. The highest BCUT2D eigenvalue weighted by Gasteiger charge is 2.21. The van der Waals surface area contributed by atoms with Gasteiger partial charge in [-0.1, -0.05) is 75.4 Å². The van der Waals surface area contributed by atoms with Crippen LogP contribution in [0, 0.1) is 19.3 Å². The van der Waals surface area contributed by atoms with Crippen molar-refractivity contribution in [2.75, 3.05) is 0 Å².